The van der Waals surface area contributed by atoms with Crippen LogP contribution in [0.5, 0.6) is 0 Å². The van der Waals surface area contributed by atoms with Gasteiger partial charge in [-0.05, 0) is 37.6 Å². The van der Waals surface area contributed by atoms with Crippen molar-refractivity contribution < 1.29 is 8.42 Å². The van der Waals surface area contributed by atoms with Gasteiger partial charge in [0.2, 0.25) is 10.0 Å². The van der Waals surface area contributed by atoms with Gasteiger partial charge in [0.25, 0.3) is 0 Å². The summed E-state index contributed by atoms with van der Waals surface area (Å²) in [5, 5.41) is 4.21. The maximum absolute atomic E-state index is 13.1. The molecule has 0 atom stereocenters. The summed E-state index contributed by atoms with van der Waals surface area (Å²) >= 11 is 1.05. The second-order valence-electron chi connectivity index (χ2n) is 6.96. The molecular weight excluding hydrogens is 396 g/mol. The van der Waals surface area contributed by atoms with Gasteiger partial charge in [0.15, 0.2) is 0 Å². The minimum atomic E-state index is -3.54. The maximum atomic E-state index is 13.1. The number of fused-ring (bicyclic) bond motifs is 1. The first-order valence-corrected chi connectivity index (χ1v) is 11.7. The Balaban J connectivity index is 1.26. The van der Waals surface area contributed by atoms with E-state index in [0.29, 0.717) is 24.1 Å². The van der Waals surface area contributed by atoms with Gasteiger partial charge in [0, 0.05) is 45.1 Å². The van der Waals surface area contributed by atoms with E-state index in [1.807, 2.05) is 16.9 Å². The molecule has 1 fully saturated rings. The number of hydrogen-bond acceptors (Lipinski definition) is 7. The molecule has 2 aromatic heterocycles. The monoisotopic (exact) mass is 420 g/mol. The van der Waals surface area contributed by atoms with Crippen molar-refractivity contribution in [2.75, 3.05) is 32.7 Å². The summed E-state index contributed by atoms with van der Waals surface area (Å²) < 4.78 is 38.0. The average molecular weight is 421 g/mol. The molecule has 0 amide bonds. The van der Waals surface area contributed by atoms with Gasteiger partial charge in [0.1, 0.15) is 15.9 Å². The summed E-state index contributed by atoms with van der Waals surface area (Å²) in [4.78, 5) is 2.62. The van der Waals surface area contributed by atoms with Gasteiger partial charge in [-0.25, -0.2) is 8.42 Å². The maximum Gasteiger partial charge on any atom is 0.245 e. The Kier molecular flexibility index (Phi) is 6.00. The van der Waals surface area contributed by atoms with Gasteiger partial charge in [-0.2, -0.15) is 18.2 Å². The highest BCUT2D eigenvalue weighted by molar-refractivity contribution is 7.89. The fraction of sp³-hybridized carbons (Fsp3) is 0.500. The van der Waals surface area contributed by atoms with Crippen LogP contribution in [-0.4, -0.2) is 68.9 Å². The molecule has 0 aliphatic carbocycles. The molecule has 1 aliphatic rings. The minimum Gasteiger partial charge on any atom is -0.301 e. The topological polar surface area (TPSA) is 84.2 Å². The van der Waals surface area contributed by atoms with Crippen molar-refractivity contribution in [3.63, 3.8) is 0 Å². The molecule has 150 valence electrons. The molecule has 3 heterocycles. The summed E-state index contributed by atoms with van der Waals surface area (Å²) in [6.07, 6.45) is 7.18. The van der Waals surface area contributed by atoms with Crippen LogP contribution in [0.1, 0.15) is 19.3 Å². The second kappa shape index (κ2) is 8.64. The molecule has 10 heteroatoms. The number of sulfonamides is 1. The third kappa shape index (κ3) is 4.24. The van der Waals surface area contributed by atoms with Gasteiger partial charge in [0.05, 0.1) is 11.7 Å². The van der Waals surface area contributed by atoms with E-state index in [1.54, 1.807) is 28.7 Å². The fourth-order valence-corrected chi connectivity index (χ4v) is 5.72. The number of nitrogens with zero attached hydrogens (tertiary/aromatic N) is 6. The lowest BCUT2D eigenvalue weighted by Crippen LogP contribution is -2.48. The molecule has 3 aromatic rings. The molecule has 1 aliphatic heterocycles. The van der Waals surface area contributed by atoms with Crippen molar-refractivity contribution in [2.24, 2.45) is 0 Å². The number of hydrogen-bond donors (Lipinski definition) is 0. The standard InChI is InChI=1S/C18H24N6O2S2/c25-28(26,17-7-4-6-16-18(17)21-27-20-16)24-14-12-22(13-15-24)9-2-1-3-10-23-11-5-8-19-23/h4-8,11H,1-3,9-10,12-15H2. The largest absolute Gasteiger partial charge is 0.301 e. The highest BCUT2D eigenvalue weighted by Gasteiger charge is 2.30. The quantitative estimate of drug-likeness (QED) is 0.519. The second-order valence-corrected chi connectivity index (χ2v) is 9.40. The van der Waals surface area contributed by atoms with E-state index in [-0.39, 0.29) is 4.90 Å². The van der Waals surface area contributed by atoms with E-state index >= 15 is 0 Å². The highest BCUT2D eigenvalue weighted by Crippen LogP contribution is 2.25. The smallest absolute Gasteiger partial charge is 0.245 e. The number of unbranched alkanes of at least 4 members (excludes halogenated alkanes) is 2. The van der Waals surface area contributed by atoms with Crippen LogP contribution in [0.25, 0.3) is 11.0 Å². The number of benzene rings is 1. The Morgan fingerprint density at radius 3 is 2.57 bits per heavy atom. The van der Waals surface area contributed by atoms with Crippen molar-refractivity contribution >= 4 is 32.8 Å². The van der Waals surface area contributed by atoms with E-state index in [1.165, 1.54) is 0 Å². The Morgan fingerprint density at radius 1 is 0.964 bits per heavy atom. The molecule has 8 nitrogen and oxygen atoms in total. The van der Waals surface area contributed by atoms with Crippen LogP contribution in [0, 0.1) is 0 Å². The Morgan fingerprint density at radius 2 is 1.79 bits per heavy atom. The lowest BCUT2D eigenvalue weighted by atomic mass is 10.2. The first-order chi connectivity index (χ1) is 13.6. The Hall–Kier alpha value is -1.88. The summed E-state index contributed by atoms with van der Waals surface area (Å²) in [7, 11) is -3.54. The molecule has 0 unspecified atom stereocenters. The summed E-state index contributed by atoms with van der Waals surface area (Å²) in [5.74, 6) is 0. The average Bonchev–Trinajstić information content (AvgIpc) is 3.39. The lowest BCUT2D eigenvalue weighted by molar-refractivity contribution is 0.185. The van der Waals surface area contributed by atoms with Gasteiger partial charge in [-0.1, -0.05) is 12.5 Å². The molecule has 0 bridgehead atoms. The summed E-state index contributed by atoms with van der Waals surface area (Å²) in [5.41, 5.74) is 1.12. The van der Waals surface area contributed by atoms with Gasteiger partial charge in [-0.3, -0.25) is 4.68 Å². The SMILES string of the molecule is O=S(=O)(c1cccc2nsnc12)N1CCN(CCCCCn2cccn2)CC1. The predicted octanol–water partition coefficient (Wildman–Crippen LogP) is 2.06. The number of aromatic nitrogens is 4. The third-order valence-electron chi connectivity index (χ3n) is 5.12. The zero-order valence-electron chi connectivity index (χ0n) is 15.6. The van der Waals surface area contributed by atoms with Gasteiger partial charge < -0.3 is 4.90 Å². The zero-order valence-corrected chi connectivity index (χ0v) is 17.3. The van der Waals surface area contributed by atoms with Crippen molar-refractivity contribution in [2.45, 2.75) is 30.7 Å². The minimum absolute atomic E-state index is 0.269. The predicted molar refractivity (Wildman–Crippen MR) is 109 cm³/mol. The first-order valence-electron chi connectivity index (χ1n) is 9.56. The van der Waals surface area contributed by atoms with Crippen LogP contribution in [0.3, 0.4) is 0 Å². The summed E-state index contributed by atoms with van der Waals surface area (Å²) in [6.45, 7) is 4.54. The third-order valence-corrected chi connectivity index (χ3v) is 7.59. The van der Waals surface area contributed by atoms with Crippen molar-refractivity contribution in [1.29, 1.82) is 0 Å². The number of piperazine rings is 1. The molecule has 0 saturated carbocycles. The van der Waals surface area contributed by atoms with Gasteiger partial charge in [-0.15, -0.1) is 0 Å². The summed E-state index contributed by atoms with van der Waals surface area (Å²) in [6, 6.07) is 7.10. The van der Waals surface area contributed by atoms with Crippen molar-refractivity contribution in [3.8, 4) is 0 Å². The number of aryl methyl sites for hydroxylation is 1. The van der Waals surface area contributed by atoms with Crippen LogP contribution in [0.2, 0.25) is 0 Å². The van der Waals surface area contributed by atoms with Crippen LogP contribution >= 0.6 is 11.7 Å². The van der Waals surface area contributed by atoms with Crippen LogP contribution in [0.4, 0.5) is 0 Å². The van der Waals surface area contributed by atoms with E-state index in [0.717, 1.165) is 57.2 Å². The zero-order chi connectivity index (χ0) is 19.4. The first kappa shape index (κ1) is 19.4. The molecule has 4 rings (SSSR count). The molecule has 1 aromatic carbocycles. The van der Waals surface area contributed by atoms with Crippen molar-refractivity contribution in [3.05, 3.63) is 36.7 Å². The van der Waals surface area contributed by atoms with Crippen LogP contribution in [-0.2, 0) is 16.6 Å². The van der Waals surface area contributed by atoms with E-state index in [9.17, 15) is 8.42 Å². The van der Waals surface area contributed by atoms with Crippen LogP contribution in [0.15, 0.2) is 41.6 Å². The molecule has 28 heavy (non-hydrogen) atoms. The van der Waals surface area contributed by atoms with E-state index < -0.39 is 10.0 Å². The van der Waals surface area contributed by atoms with Crippen LogP contribution < -0.4 is 0 Å². The normalized spacial score (nSPS) is 16.7. The van der Waals surface area contributed by atoms with Crippen molar-refractivity contribution in [1.82, 2.24) is 27.7 Å². The molecular formula is C18H24N6O2S2. The highest BCUT2D eigenvalue weighted by atomic mass is 32.2. The Bertz CT molecular complexity index is 994. The molecule has 0 N–H and O–H groups in total. The number of rotatable bonds is 8. The molecule has 0 radical (unpaired) electrons. The fourth-order valence-electron chi connectivity index (χ4n) is 3.54. The van der Waals surface area contributed by atoms with E-state index in [2.05, 4.69) is 18.7 Å². The molecule has 1 saturated heterocycles. The van der Waals surface area contributed by atoms with Gasteiger partial charge >= 0.3 is 0 Å². The Labute approximate surface area is 169 Å². The lowest BCUT2D eigenvalue weighted by Gasteiger charge is -2.34. The van der Waals surface area contributed by atoms with E-state index in [4.69, 9.17) is 0 Å². The molecule has 0 spiro atoms.